The molecule has 20 heavy (non-hydrogen) atoms. The Morgan fingerprint density at radius 3 is 2.80 bits per heavy atom. The molecule has 0 spiro atoms. The van der Waals surface area contributed by atoms with Gasteiger partial charge in [-0.1, -0.05) is 13.8 Å². The van der Waals surface area contributed by atoms with Gasteiger partial charge in [-0.05, 0) is 24.1 Å². The standard InChI is InChI=1S/C15H22N4O/c1-11(2)9-19(6-7-20-3)15-13-8-12(16)4-5-14(13)17-10-18-15/h4-5,8,10-11H,6-7,9,16H2,1-3H3. The van der Waals surface area contributed by atoms with E-state index in [4.69, 9.17) is 10.5 Å². The Bertz CT molecular complexity index is 571. The van der Waals surface area contributed by atoms with E-state index in [2.05, 4.69) is 28.7 Å². The van der Waals surface area contributed by atoms with Gasteiger partial charge in [0.2, 0.25) is 0 Å². The van der Waals surface area contributed by atoms with Crippen LogP contribution in [0.15, 0.2) is 24.5 Å². The molecule has 0 aliphatic heterocycles. The maximum atomic E-state index is 5.90. The van der Waals surface area contributed by atoms with Gasteiger partial charge in [-0.3, -0.25) is 0 Å². The quantitative estimate of drug-likeness (QED) is 0.819. The van der Waals surface area contributed by atoms with Gasteiger partial charge in [0, 0.05) is 31.3 Å². The average Bonchev–Trinajstić information content (AvgIpc) is 2.42. The van der Waals surface area contributed by atoms with Crippen LogP contribution in [0.25, 0.3) is 10.9 Å². The van der Waals surface area contributed by atoms with Crippen molar-refractivity contribution in [3.63, 3.8) is 0 Å². The van der Waals surface area contributed by atoms with Gasteiger partial charge in [-0.25, -0.2) is 9.97 Å². The second-order valence-corrected chi connectivity index (χ2v) is 5.31. The molecule has 0 amide bonds. The summed E-state index contributed by atoms with van der Waals surface area (Å²) >= 11 is 0. The maximum Gasteiger partial charge on any atom is 0.140 e. The van der Waals surface area contributed by atoms with Crippen LogP contribution in [0.2, 0.25) is 0 Å². The molecule has 108 valence electrons. The van der Waals surface area contributed by atoms with Crippen molar-refractivity contribution in [1.82, 2.24) is 9.97 Å². The SMILES string of the molecule is COCCN(CC(C)C)c1ncnc2ccc(N)cc12. The number of benzene rings is 1. The molecule has 1 aromatic heterocycles. The van der Waals surface area contributed by atoms with Gasteiger partial charge in [0.25, 0.3) is 0 Å². The van der Waals surface area contributed by atoms with Gasteiger partial charge in [0.15, 0.2) is 0 Å². The van der Waals surface area contributed by atoms with E-state index in [1.54, 1.807) is 13.4 Å². The highest BCUT2D eigenvalue weighted by Crippen LogP contribution is 2.25. The van der Waals surface area contributed by atoms with Crippen LogP contribution in [0.3, 0.4) is 0 Å². The molecule has 1 heterocycles. The first-order valence-electron chi connectivity index (χ1n) is 6.86. The van der Waals surface area contributed by atoms with Crippen molar-refractivity contribution in [1.29, 1.82) is 0 Å². The summed E-state index contributed by atoms with van der Waals surface area (Å²) < 4.78 is 5.20. The molecule has 0 saturated heterocycles. The van der Waals surface area contributed by atoms with Crippen molar-refractivity contribution in [3.05, 3.63) is 24.5 Å². The van der Waals surface area contributed by atoms with E-state index >= 15 is 0 Å². The van der Waals surface area contributed by atoms with E-state index in [0.29, 0.717) is 12.5 Å². The van der Waals surface area contributed by atoms with Crippen molar-refractivity contribution >= 4 is 22.4 Å². The minimum atomic E-state index is 0.540. The molecule has 5 heteroatoms. The molecule has 2 rings (SSSR count). The Labute approximate surface area is 119 Å². The number of hydrogen-bond acceptors (Lipinski definition) is 5. The number of methoxy groups -OCH3 is 1. The molecule has 0 fully saturated rings. The number of nitrogen functional groups attached to an aromatic ring is 1. The van der Waals surface area contributed by atoms with Crippen LogP contribution in [-0.2, 0) is 4.74 Å². The third-order valence-corrected chi connectivity index (χ3v) is 3.09. The molecule has 1 aromatic carbocycles. The number of hydrogen-bond donors (Lipinski definition) is 1. The fourth-order valence-electron chi connectivity index (χ4n) is 2.24. The van der Waals surface area contributed by atoms with E-state index in [-0.39, 0.29) is 0 Å². The molecule has 2 aromatic rings. The number of nitrogens with two attached hydrogens (primary N) is 1. The zero-order valence-electron chi connectivity index (χ0n) is 12.3. The molecule has 0 radical (unpaired) electrons. The lowest BCUT2D eigenvalue weighted by Crippen LogP contribution is -2.31. The first-order chi connectivity index (χ1) is 9.61. The van der Waals surface area contributed by atoms with Gasteiger partial charge in [-0.2, -0.15) is 0 Å². The molecule has 0 aliphatic rings. The molecule has 0 bridgehead atoms. The van der Waals surface area contributed by atoms with Crippen molar-refractivity contribution in [2.24, 2.45) is 5.92 Å². The third kappa shape index (κ3) is 3.36. The van der Waals surface area contributed by atoms with E-state index in [9.17, 15) is 0 Å². The topological polar surface area (TPSA) is 64.3 Å². The first-order valence-corrected chi connectivity index (χ1v) is 6.86. The van der Waals surface area contributed by atoms with Crippen LogP contribution in [0, 0.1) is 5.92 Å². The maximum absolute atomic E-state index is 5.90. The summed E-state index contributed by atoms with van der Waals surface area (Å²) in [5, 5.41) is 0.990. The summed E-state index contributed by atoms with van der Waals surface area (Å²) in [6.07, 6.45) is 1.61. The van der Waals surface area contributed by atoms with Crippen molar-refractivity contribution in [2.45, 2.75) is 13.8 Å². The van der Waals surface area contributed by atoms with Gasteiger partial charge in [0.1, 0.15) is 12.1 Å². The molecule has 0 unspecified atom stereocenters. The van der Waals surface area contributed by atoms with Gasteiger partial charge in [0.05, 0.1) is 12.1 Å². The highest BCUT2D eigenvalue weighted by atomic mass is 16.5. The Kier molecular flexibility index (Phi) is 4.74. The fraction of sp³-hybridized carbons (Fsp3) is 0.467. The predicted molar refractivity (Wildman–Crippen MR) is 82.9 cm³/mol. The number of fused-ring (bicyclic) bond motifs is 1. The molecule has 5 nitrogen and oxygen atoms in total. The van der Waals surface area contributed by atoms with Gasteiger partial charge in [-0.15, -0.1) is 0 Å². The summed E-state index contributed by atoms with van der Waals surface area (Å²) in [7, 11) is 1.71. The van der Waals surface area contributed by atoms with Crippen LogP contribution in [0.1, 0.15) is 13.8 Å². The zero-order chi connectivity index (χ0) is 14.5. The number of aromatic nitrogens is 2. The summed E-state index contributed by atoms with van der Waals surface area (Å²) in [6.45, 7) is 6.77. The Morgan fingerprint density at radius 2 is 2.10 bits per heavy atom. The Morgan fingerprint density at radius 1 is 1.30 bits per heavy atom. The van der Waals surface area contributed by atoms with Crippen LogP contribution in [-0.4, -0.2) is 36.8 Å². The summed E-state index contributed by atoms with van der Waals surface area (Å²) in [6, 6.07) is 5.73. The first kappa shape index (κ1) is 14.5. The Balaban J connectivity index is 2.43. The predicted octanol–water partition coefficient (Wildman–Crippen LogP) is 2.32. The van der Waals surface area contributed by atoms with E-state index < -0.39 is 0 Å². The summed E-state index contributed by atoms with van der Waals surface area (Å²) in [4.78, 5) is 11.0. The molecule has 0 atom stereocenters. The van der Waals surface area contributed by atoms with Crippen LogP contribution in [0.4, 0.5) is 11.5 Å². The number of ether oxygens (including phenoxy) is 1. The lowest BCUT2D eigenvalue weighted by molar-refractivity contribution is 0.204. The highest BCUT2D eigenvalue weighted by molar-refractivity contribution is 5.91. The molecular weight excluding hydrogens is 252 g/mol. The van der Waals surface area contributed by atoms with Gasteiger partial charge < -0.3 is 15.4 Å². The number of anilines is 2. The lowest BCUT2D eigenvalue weighted by atomic mass is 10.1. The van der Waals surface area contributed by atoms with Crippen LogP contribution >= 0.6 is 0 Å². The molecule has 0 saturated carbocycles. The second kappa shape index (κ2) is 6.52. The van der Waals surface area contributed by atoms with Crippen LogP contribution < -0.4 is 10.6 Å². The largest absolute Gasteiger partial charge is 0.399 e. The van der Waals surface area contributed by atoms with Gasteiger partial charge >= 0.3 is 0 Å². The highest BCUT2D eigenvalue weighted by Gasteiger charge is 2.13. The van der Waals surface area contributed by atoms with E-state index in [1.165, 1.54) is 0 Å². The monoisotopic (exact) mass is 274 g/mol. The third-order valence-electron chi connectivity index (χ3n) is 3.09. The summed E-state index contributed by atoms with van der Waals surface area (Å²) in [5.74, 6) is 1.46. The van der Waals surface area contributed by atoms with E-state index in [0.717, 1.165) is 35.5 Å². The average molecular weight is 274 g/mol. The smallest absolute Gasteiger partial charge is 0.140 e. The molecular formula is C15H22N4O. The Hall–Kier alpha value is -1.88. The number of rotatable bonds is 6. The van der Waals surface area contributed by atoms with Crippen molar-refractivity contribution in [2.75, 3.05) is 37.4 Å². The second-order valence-electron chi connectivity index (χ2n) is 5.31. The normalized spacial score (nSPS) is 11.2. The minimum absolute atomic E-state index is 0.540. The van der Waals surface area contributed by atoms with Crippen LogP contribution in [0.5, 0.6) is 0 Å². The molecule has 2 N–H and O–H groups in total. The van der Waals surface area contributed by atoms with Crippen molar-refractivity contribution < 1.29 is 4.74 Å². The lowest BCUT2D eigenvalue weighted by Gasteiger charge is -2.26. The zero-order valence-corrected chi connectivity index (χ0v) is 12.3. The molecule has 0 aliphatic carbocycles. The van der Waals surface area contributed by atoms with Crippen molar-refractivity contribution in [3.8, 4) is 0 Å². The number of nitrogens with zero attached hydrogens (tertiary/aromatic N) is 3. The fourth-order valence-corrected chi connectivity index (χ4v) is 2.24. The minimum Gasteiger partial charge on any atom is -0.399 e. The summed E-state index contributed by atoms with van der Waals surface area (Å²) in [5.41, 5.74) is 7.53. The van der Waals surface area contributed by atoms with E-state index in [1.807, 2.05) is 18.2 Å².